The van der Waals surface area contributed by atoms with Gasteiger partial charge in [-0.2, -0.15) is 0 Å². The lowest BCUT2D eigenvalue weighted by atomic mass is 10.1. The molecule has 0 spiro atoms. The first kappa shape index (κ1) is 14.9. The second kappa shape index (κ2) is 5.47. The van der Waals surface area contributed by atoms with Gasteiger partial charge in [0.1, 0.15) is 5.69 Å². The number of rotatable bonds is 4. The summed E-state index contributed by atoms with van der Waals surface area (Å²) < 4.78 is 10.7. The summed E-state index contributed by atoms with van der Waals surface area (Å²) in [7, 11) is 1.85. The number of hydrogen-bond donors (Lipinski definition) is 0. The molecule has 6 nitrogen and oxygen atoms in total. The Hall–Kier alpha value is -2.63. The van der Waals surface area contributed by atoms with Crippen LogP contribution in [0.3, 0.4) is 0 Å². The van der Waals surface area contributed by atoms with E-state index in [0.717, 1.165) is 0 Å². The van der Waals surface area contributed by atoms with Gasteiger partial charge in [0.2, 0.25) is 0 Å². The molecule has 1 aliphatic rings. The van der Waals surface area contributed by atoms with E-state index in [4.69, 9.17) is 8.94 Å². The Labute approximate surface area is 139 Å². The summed E-state index contributed by atoms with van der Waals surface area (Å²) in [6.07, 6.45) is 3.96. The van der Waals surface area contributed by atoms with Crippen LogP contribution in [0.5, 0.6) is 0 Å². The molecule has 1 saturated carbocycles. The highest BCUT2D eigenvalue weighted by Gasteiger charge is 2.33. The molecule has 0 radical (unpaired) electrons. The van der Waals surface area contributed by atoms with Gasteiger partial charge in [-0.3, -0.25) is 4.79 Å². The van der Waals surface area contributed by atoms with E-state index in [9.17, 15) is 4.79 Å². The van der Waals surface area contributed by atoms with E-state index in [0.29, 0.717) is 39.7 Å². The molecule has 4 rings (SSSR count). The van der Waals surface area contributed by atoms with Crippen molar-refractivity contribution in [1.82, 2.24) is 15.0 Å². The number of amides is 1. The quantitative estimate of drug-likeness (QED) is 0.732. The van der Waals surface area contributed by atoms with E-state index in [1.54, 1.807) is 18.4 Å². The van der Waals surface area contributed by atoms with E-state index < -0.39 is 0 Å². The lowest BCUT2D eigenvalue weighted by Crippen LogP contribution is -2.36. The molecule has 1 unspecified atom stereocenters. The summed E-state index contributed by atoms with van der Waals surface area (Å²) in [6, 6.07) is 5.58. The molecule has 1 fully saturated rings. The predicted molar refractivity (Wildman–Crippen MR) is 88.5 cm³/mol. The fourth-order valence-corrected chi connectivity index (χ4v) is 3.08. The van der Waals surface area contributed by atoms with Crippen molar-refractivity contribution in [2.24, 2.45) is 5.92 Å². The molecule has 0 saturated heterocycles. The van der Waals surface area contributed by atoms with E-state index in [2.05, 4.69) is 17.1 Å². The molecule has 0 bridgehead atoms. The van der Waals surface area contributed by atoms with Crippen molar-refractivity contribution in [3.8, 4) is 11.5 Å². The van der Waals surface area contributed by atoms with E-state index in [1.165, 1.54) is 12.8 Å². The highest BCUT2D eigenvalue weighted by Crippen LogP contribution is 2.36. The number of nitrogens with zero attached hydrogens (tertiary/aromatic N) is 3. The van der Waals surface area contributed by atoms with Crippen LogP contribution in [0.25, 0.3) is 22.6 Å². The van der Waals surface area contributed by atoms with Crippen LogP contribution in [0.2, 0.25) is 0 Å². The molecule has 3 heterocycles. The van der Waals surface area contributed by atoms with Crippen molar-refractivity contribution in [2.75, 3.05) is 7.05 Å². The minimum Gasteiger partial charge on any atom is -0.463 e. The van der Waals surface area contributed by atoms with Crippen LogP contribution < -0.4 is 0 Å². The summed E-state index contributed by atoms with van der Waals surface area (Å²) in [6.45, 7) is 3.92. The standard InChI is InChI=1S/C18H19N3O3/c1-10-16-13(18(22)21(3)11(2)12-6-7-12)9-14(15-5-4-8-23-15)19-17(16)24-20-10/h4-5,8-9,11-12H,6-7H2,1-3H3. The lowest BCUT2D eigenvalue weighted by Gasteiger charge is -2.25. The zero-order valence-corrected chi connectivity index (χ0v) is 13.9. The number of fused-ring (bicyclic) bond motifs is 1. The summed E-state index contributed by atoms with van der Waals surface area (Å²) >= 11 is 0. The van der Waals surface area contributed by atoms with Gasteiger partial charge in [0.05, 0.1) is 22.9 Å². The number of aryl methyl sites for hydroxylation is 1. The Kier molecular flexibility index (Phi) is 3.40. The molecule has 0 aromatic carbocycles. The molecule has 0 aliphatic heterocycles. The second-order valence-corrected chi connectivity index (χ2v) is 6.47. The Morgan fingerprint density at radius 3 is 2.88 bits per heavy atom. The number of aromatic nitrogens is 2. The van der Waals surface area contributed by atoms with Crippen LogP contribution in [-0.2, 0) is 0 Å². The largest absolute Gasteiger partial charge is 0.463 e. The maximum Gasteiger partial charge on any atom is 0.259 e. The molecule has 0 N–H and O–H groups in total. The van der Waals surface area contributed by atoms with Gasteiger partial charge in [-0.25, -0.2) is 4.98 Å². The molecule has 3 aromatic rings. The van der Waals surface area contributed by atoms with E-state index in [-0.39, 0.29) is 11.9 Å². The smallest absolute Gasteiger partial charge is 0.259 e. The molecular weight excluding hydrogens is 306 g/mol. The van der Waals surface area contributed by atoms with Crippen LogP contribution >= 0.6 is 0 Å². The fraction of sp³-hybridized carbons (Fsp3) is 0.389. The molecule has 1 aliphatic carbocycles. The van der Waals surface area contributed by atoms with Gasteiger partial charge in [-0.1, -0.05) is 5.16 Å². The third-order valence-electron chi connectivity index (χ3n) is 4.86. The normalized spacial score (nSPS) is 15.6. The average Bonchev–Trinajstić information content (AvgIpc) is 3.16. The first-order chi connectivity index (χ1) is 11.6. The van der Waals surface area contributed by atoms with Gasteiger partial charge in [-0.05, 0) is 50.8 Å². The molecule has 124 valence electrons. The van der Waals surface area contributed by atoms with Crippen molar-refractivity contribution in [2.45, 2.75) is 32.7 Å². The van der Waals surface area contributed by atoms with Crippen LogP contribution in [0.1, 0.15) is 35.8 Å². The minimum absolute atomic E-state index is 0.0408. The molecule has 1 atom stereocenters. The predicted octanol–water partition coefficient (Wildman–Crippen LogP) is 3.66. The van der Waals surface area contributed by atoms with Crippen LogP contribution in [0.4, 0.5) is 0 Å². The third kappa shape index (κ3) is 2.38. The zero-order chi connectivity index (χ0) is 16.8. The van der Waals surface area contributed by atoms with Gasteiger partial charge in [-0.15, -0.1) is 0 Å². The highest BCUT2D eigenvalue weighted by molar-refractivity contribution is 6.06. The van der Waals surface area contributed by atoms with Gasteiger partial charge < -0.3 is 13.8 Å². The summed E-state index contributed by atoms with van der Waals surface area (Å²) in [5, 5.41) is 4.65. The Balaban J connectivity index is 1.83. The number of hydrogen-bond acceptors (Lipinski definition) is 5. The molecule has 24 heavy (non-hydrogen) atoms. The van der Waals surface area contributed by atoms with Crippen molar-refractivity contribution in [3.63, 3.8) is 0 Å². The molecule has 1 amide bonds. The fourth-order valence-electron chi connectivity index (χ4n) is 3.08. The maximum absolute atomic E-state index is 13.1. The minimum atomic E-state index is -0.0408. The van der Waals surface area contributed by atoms with Crippen LogP contribution in [0, 0.1) is 12.8 Å². The average molecular weight is 325 g/mol. The Bertz CT molecular complexity index is 894. The van der Waals surface area contributed by atoms with Gasteiger partial charge in [0, 0.05) is 13.1 Å². The topological polar surface area (TPSA) is 72.4 Å². The Morgan fingerprint density at radius 1 is 1.42 bits per heavy atom. The first-order valence-electron chi connectivity index (χ1n) is 8.14. The SMILES string of the molecule is Cc1noc2nc(-c3ccco3)cc(C(=O)N(C)C(C)C3CC3)c12. The Morgan fingerprint density at radius 2 is 2.21 bits per heavy atom. The summed E-state index contributed by atoms with van der Waals surface area (Å²) in [4.78, 5) is 19.4. The van der Waals surface area contributed by atoms with Crippen molar-refractivity contribution < 1.29 is 13.7 Å². The number of carbonyl (C=O) groups is 1. The van der Waals surface area contributed by atoms with Gasteiger partial charge in [0.15, 0.2) is 5.76 Å². The zero-order valence-electron chi connectivity index (χ0n) is 13.9. The van der Waals surface area contributed by atoms with E-state index >= 15 is 0 Å². The van der Waals surface area contributed by atoms with Crippen LogP contribution in [0.15, 0.2) is 33.4 Å². The summed E-state index contributed by atoms with van der Waals surface area (Å²) in [5.74, 6) is 1.16. The monoisotopic (exact) mass is 325 g/mol. The molecule has 3 aromatic heterocycles. The number of pyridine rings is 1. The van der Waals surface area contributed by atoms with Crippen LogP contribution in [-0.4, -0.2) is 34.0 Å². The first-order valence-corrected chi connectivity index (χ1v) is 8.14. The highest BCUT2D eigenvalue weighted by atomic mass is 16.5. The van der Waals surface area contributed by atoms with Crippen molar-refractivity contribution in [1.29, 1.82) is 0 Å². The third-order valence-corrected chi connectivity index (χ3v) is 4.86. The molecule has 6 heteroatoms. The van der Waals surface area contributed by atoms with E-state index in [1.807, 2.05) is 24.9 Å². The molecular formula is C18H19N3O3. The van der Waals surface area contributed by atoms with Crippen molar-refractivity contribution in [3.05, 3.63) is 35.7 Å². The summed E-state index contributed by atoms with van der Waals surface area (Å²) in [5.41, 5.74) is 2.15. The maximum atomic E-state index is 13.1. The van der Waals surface area contributed by atoms with Gasteiger partial charge in [0.25, 0.3) is 11.6 Å². The number of carbonyl (C=O) groups excluding carboxylic acids is 1. The number of furan rings is 1. The van der Waals surface area contributed by atoms with Crippen molar-refractivity contribution >= 4 is 17.0 Å². The van der Waals surface area contributed by atoms with Gasteiger partial charge >= 0.3 is 0 Å². The lowest BCUT2D eigenvalue weighted by molar-refractivity contribution is 0.0729. The second-order valence-electron chi connectivity index (χ2n) is 6.47.